The summed E-state index contributed by atoms with van der Waals surface area (Å²) in [6.07, 6.45) is 2.97. The molecule has 18 nitrogen and oxygen atoms in total. The molecule has 2 unspecified atom stereocenters. The van der Waals surface area contributed by atoms with Crippen molar-refractivity contribution < 1.29 is 64.1 Å². The van der Waals surface area contributed by atoms with Crippen LogP contribution in [0.1, 0.15) is 24.4 Å². The fourth-order valence-electron chi connectivity index (χ4n) is 4.99. The Morgan fingerprint density at radius 1 is 1.23 bits per heavy atom. The van der Waals surface area contributed by atoms with Crippen molar-refractivity contribution in [2.75, 3.05) is 21.7 Å². The summed E-state index contributed by atoms with van der Waals surface area (Å²) in [6, 6.07) is 1.60. The van der Waals surface area contributed by atoms with Gasteiger partial charge in [0.1, 0.15) is 28.9 Å². The fourth-order valence-corrected chi connectivity index (χ4v) is 7.32. The third-order valence-electron chi connectivity index (χ3n) is 7.37. The summed E-state index contributed by atoms with van der Waals surface area (Å²) in [5.41, 5.74) is 5.74. The van der Waals surface area contributed by atoms with Crippen LogP contribution >= 0.6 is 23.5 Å². The van der Waals surface area contributed by atoms with Crippen molar-refractivity contribution in [1.82, 2.24) is 40.4 Å². The first-order valence-corrected chi connectivity index (χ1v) is 15.8. The standard InChI is InChI=1S/C26H27N11O7S2.Na/c1-35-26(32-33-34-35)46-10-12-9-45-22-16(21(41)37(22)18(12)23(42)43)30-20(40)17(11-2-6-14(38)7-3-11)36(24(27)44)15-8-28-25(31-19(15)39)29-13-4-5-13;/h2-3,6-8,13,16-17,22,38H,4-5,9-10H2,1H3,(H2,27,44)(H,30,40)(H,42,43)(H2,28,29,31,39);/q;+1/p-1/t16?,17?,22-;/m1./s1. The number of urea groups is 1. The molecule has 0 spiro atoms. The molecule has 6 N–H and O–H groups in total. The number of phenolic OH excluding ortho intramolecular Hbond substituents is 1. The molecule has 2 fully saturated rings. The number of rotatable bonds is 11. The Labute approximate surface area is 296 Å². The Bertz CT molecular complexity index is 1750. The van der Waals surface area contributed by atoms with E-state index in [4.69, 9.17) is 5.73 Å². The van der Waals surface area contributed by atoms with Crippen molar-refractivity contribution in [1.29, 1.82) is 0 Å². The molecule has 3 aromatic rings. The number of phenols is 1. The zero-order valence-corrected chi connectivity index (χ0v) is 28.6. The van der Waals surface area contributed by atoms with Gasteiger partial charge in [0.05, 0.1) is 17.9 Å². The van der Waals surface area contributed by atoms with Crippen LogP contribution in [0.25, 0.3) is 0 Å². The number of carbonyl (C=O) groups excluding carboxylic acids is 4. The molecule has 4 heterocycles. The van der Waals surface area contributed by atoms with Crippen LogP contribution in [0.15, 0.2) is 46.9 Å². The first-order chi connectivity index (χ1) is 22.0. The summed E-state index contributed by atoms with van der Waals surface area (Å²) in [4.78, 5) is 62.3. The van der Waals surface area contributed by atoms with Crippen LogP contribution < -0.4 is 55.9 Å². The summed E-state index contributed by atoms with van der Waals surface area (Å²) < 4.78 is 1.42. The van der Waals surface area contributed by atoms with Gasteiger partial charge in [0.2, 0.25) is 22.9 Å². The minimum atomic E-state index is -1.56. The molecule has 1 aromatic carbocycles. The number of carboxylic acid groups (broad SMARTS) is 1. The predicted molar refractivity (Wildman–Crippen MR) is 160 cm³/mol. The van der Waals surface area contributed by atoms with Crippen LogP contribution in [0.4, 0.5) is 16.4 Å². The molecular weight excluding hydrogens is 665 g/mol. The van der Waals surface area contributed by atoms with Crippen LogP contribution in [-0.2, 0) is 21.4 Å². The molecule has 2 aromatic heterocycles. The molecule has 3 atom stereocenters. The van der Waals surface area contributed by atoms with Gasteiger partial charge in [0.15, 0.2) is 0 Å². The van der Waals surface area contributed by atoms with Gasteiger partial charge in [-0.3, -0.25) is 19.4 Å². The van der Waals surface area contributed by atoms with Crippen LogP contribution in [0, 0.1) is 0 Å². The number of aryl methyl sites for hydroxylation is 1. The van der Waals surface area contributed by atoms with Crippen molar-refractivity contribution in [2.45, 2.75) is 41.5 Å². The van der Waals surface area contributed by atoms with E-state index in [1.807, 2.05) is 0 Å². The Morgan fingerprint density at radius 2 is 1.96 bits per heavy atom. The van der Waals surface area contributed by atoms with Crippen molar-refractivity contribution in [2.24, 2.45) is 12.8 Å². The van der Waals surface area contributed by atoms with Gasteiger partial charge in [0, 0.05) is 24.6 Å². The Kier molecular flexibility index (Phi) is 10.2. The quantitative estimate of drug-likeness (QED) is 0.0726. The molecule has 4 amide bonds. The molecule has 3 aliphatic rings. The first-order valence-electron chi connectivity index (χ1n) is 13.8. The normalized spacial score (nSPS) is 19.2. The summed E-state index contributed by atoms with van der Waals surface area (Å²) in [5, 5.41) is 49.2. The van der Waals surface area contributed by atoms with E-state index in [0.717, 1.165) is 28.8 Å². The number of amides is 4. The Balaban J connectivity index is 0.00000433. The summed E-state index contributed by atoms with van der Waals surface area (Å²) >= 11 is 2.43. The number of aromatic hydroxyl groups is 2. The third kappa shape index (κ3) is 6.96. The average molecular weight is 692 g/mol. The van der Waals surface area contributed by atoms with Crippen LogP contribution in [0.5, 0.6) is 11.6 Å². The van der Waals surface area contributed by atoms with Gasteiger partial charge in [-0.25, -0.2) is 14.5 Å². The van der Waals surface area contributed by atoms with Crippen molar-refractivity contribution in [3.63, 3.8) is 0 Å². The zero-order valence-electron chi connectivity index (χ0n) is 24.9. The number of aromatic nitrogens is 6. The van der Waals surface area contributed by atoms with Gasteiger partial charge in [-0.05, 0) is 46.5 Å². The first kappa shape index (κ1) is 34.2. The minimum Gasteiger partial charge on any atom is -0.543 e. The van der Waals surface area contributed by atoms with E-state index in [2.05, 4.69) is 36.1 Å². The maximum absolute atomic E-state index is 13.9. The van der Waals surface area contributed by atoms with E-state index >= 15 is 0 Å². The molecule has 1 saturated heterocycles. The Hall–Kier alpha value is -4.11. The molecular formula is C26H26N11NaO7S2. The molecule has 1 aliphatic carbocycles. The zero-order chi connectivity index (χ0) is 32.7. The summed E-state index contributed by atoms with van der Waals surface area (Å²) in [6.45, 7) is 0. The summed E-state index contributed by atoms with van der Waals surface area (Å²) in [5.74, 6) is -3.37. The van der Waals surface area contributed by atoms with Crippen LogP contribution in [0.2, 0.25) is 0 Å². The second-order valence-electron chi connectivity index (χ2n) is 10.5. The molecule has 1 saturated carbocycles. The number of primary amides is 1. The number of nitrogens with zero attached hydrogens (tertiary/aromatic N) is 8. The molecule has 21 heteroatoms. The van der Waals surface area contributed by atoms with Gasteiger partial charge in [-0.2, -0.15) is 4.98 Å². The molecule has 47 heavy (non-hydrogen) atoms. The molecule has 0 radical (unpaired) electrons. The number of nitrogens with one attached hydrogen (secondary N) is 2. The second-order valence-corrected chi connectivity index (χ2v) is 12.6. The third-order valence-corrected chi connectivity index (χ3v) is 9.80. The minimum absolute atomic E-state index is 0. The van der Waals surface area contributed by atoms with E-state index in [1.54, 1.807) is 7.05 Å². The van der Waals surface area contributed by atoms with E-state index in [1.165, 1.54) is 52.5 Å². The van der Waals surface area contributed by atoms with Crippen molar-refractivity contribution in [3.8, 4) is 11.6 Å². The van der Waals surface area contributed by atoms with Gasteiger partial charge < -0.3 is 36.5 Å². The Morgan fingerprint density at radius 3 is 2.55 bits per heavy atom. The van der Waals surface area contributed by atoms with E-state index in [9.17, 15) is 34.5 Å². The van der Waals surface area contributed by atoms with Crippen molar-refractivity contribution in [3.05, 3.63) is 47.3 Å². The average Bonchev–Trinajstić information content (AvgIpc) is 3.74. The SMILES string of the molecule is Cn1nnnc1SCC1=C(C(=O)[O-])N2C(=O)C(NC(=O)C(c3ccc(O)cc3)N(C(N)=O)c3cnc(NC4CC4)nc3O)[C@H]2SC1.[Na+]. The number of hydrogen-bond acceptors (Lipinski definition) is 15. The van der Waals surface area contributed by atoms with Crippen LogP contribution in [-0.4, -0.2) is 98.1 Å². The molecule has 240 valence electrons. The van der Waals surface area contributed by atoms with Crippen LogP contribution in [0.3, 0.4) is 0 Å². The van der Waals surface area contributed by atoms with E-state index < -0.39 is 47.2 Å². The number of benzene rings is 1. The maximum Gasteiger partial charge on any atom is 1.00 e. The number of nitrogens with two attached hydrogens (primary N) is 1. The molecule has 0 bridgehead atoms. The van der Waals surface area contributed by atoms with Gasteiger partial charge in [0.25, 0.3) is 5.91 Å². The van der Waals surface area contributed by atoms with E-state index in [-0.39, 0.29) is 75.8 Å². The number of β-lactam (4-membered cyclic amide) rings is 1. The van der Waals surface area contributed by atoms with E-state index in [0.29, 0.717) is 10.7 Å². The number of fused-ring (bicyclic) bond motifs is 1. The number of carbonyl (C=O) groups is 4. The number of thioether (sulfide) groups is 2. The van der Waals surface area contributed by atoms with Gasteiger partial charge in [-0.1, -0.05) is 23.9 Å². The number of anilines is 2. The monoisotopic (exact) mass is 691 g/mol. The number of hydrogen-bond donors (Lipinski definition) is 5. The largest absolute Gasteiger partial charge is 1.00 e. The topological polar surface area (TPSA) is 258 Å². The number of tetrazole rings is 1. The molecule has 6 rings (SSSR count). The second kappa shape index (κ2) is 13.9. The van der Waals surface area contributed by atoms with Gasteiger partial charge >= 0.3 is 35.6 Å². The molecule has 2 aliphatic heterocycles. The maximum atomic E-state index is 13.9. The van der Waals surface area contributed by atoms with Gasteiger partial charge in [-0.15, -0.1) is 16.9 Å². The summed E-state index contributed by atoms with van der Waals surface area (Å²) in [7, 11) is 1.63. The fraction of sp³-hybridized carbons (Fsp3) is 0.346. The predicted octanol–water partition coefficient (Wildman–Crippen LogP) is -4.19. The number of carboxylic acids is 1. The van der Waals surface area contributed by atoms with Crippen molar-refractivity contribution >= 4 is 59.0 Å². The smallest absolute Gasteiger partial charge is 0.543 e. The number of aliphatic carboxylic acids is 1.